The number of rotatable bonds is 4. The number of aromatic nitrogens is 1. The van der Waals surface area contributed by atoms with E-state index in [9.17, 15) is 0 Å². The highest BCUT2D eigenvalue weighted by Crippen LogP contribution is 2.29. The van der Waals surface area contributed by atoms with Crippen LogP contribution in [-0.4, -0.2) is 11.0 Å². The standard InChI is InChI=1S/C14H16N2S/c1-10-7-12(10)15-8-14-16-13(9-17-14)11-5-3-2-4-6-11/h2-6,9-10,12,15H,7-8H2,1H3. The van der Waals surface area contributed by atoms with Gasteiger partial charge in [0.25, 0.3) is 0 Å². The van der Waals surface area contributed by atoms with Crippen LogP contribution < -0.4 is 5.32 Å². The summed E-state index contributed by atoms with van der Waals surface area (Å²) in [5.41, 5.74) is 2.30. The molecular weight excluding hydrogens is 228 g/mol. The highest BCUT2D eigenvalue weighted by Gasteiger charge is 2.31. The average Bonchev–Trinajstić information content (AvgIpc) is 2.90. The number of thiazole rings is 1. The zero-order chi connectivity index (χ0) is 11.7. The summed E-state index contributed by atoms with van der Waals surface area (Å²) in [6.07, 6.45) is 1.32. The summed E-state index contributed by atoms with van der Waals surface area (Å²) in [4.78, 5) is 4.66. The number of hydrogen-bond acceptors (Lipinski definition) is 3. The summed E-state index contributed by atoms with van der Waals surface area (Å²) in [5, 5.41) is 6.86. The summed E-state index contributed by atoms with van der Waals surface area (Å²) in [6, 6.07) is 11.1. The lowest BCUT2D eigenvalue weighted by Gasteiger charge is -1.99. The van der Waals surface area contributed by atoms with Gasteiger partial charge in [-0.3, -0.25) is 0 Å². The Morgan fingerprint density at radius 1 is 1.35 bits per heavy atom. The van der Waals surface area contributed by atoms with Crippen LogP contribution in [0.5, 0.6) is 0 Å². The Morgan fingerprint density at radius 2 is 2.12 bits per heavy atom. The zero-order valence-corrected chi connectivity index (χ0v) is 10.7. The number of benzene rings is 1. The molecule has 3 heteroatoms. The first-order valence-electron chi connectivity index (χ1n) is 6.06. The second kappa shape index (κ2) is 4.59. The van der Waals surface area contributed by atoms with Gasteiger partial charge in [-0.05, 0) is 12.3 Å². The molecule has 1 N–H and O–H groups in total. The summed E-state index contributed by atoms with van der Waals surface area (Å²) in [7, 11) is 0. The maximum Gasteiger partial charge on any atom is 0.107 e. The van der Waals surface area contributed by atoms with Crippen LogP contribution in [-0.2, 0) is 6.54 Å². The van der Waals surface area contributed by atoms with Gasteiger partial charge in [-0.15, -0.1) is 11.3 Å². The van der Waals surface area contributed by atoms with Crippen LogP contribution in [0.2, 0.25) is 0 Å². The van der Waals surface area contributed by atoms with E-state index in [1.165, 1.54) is 17.0 Å². The van der Waals surface area contributed by atoms with Gasteiger partial charge in [-0.1, -0.05) is 37.3 Å². The second-order valence-corrected chi connectivity index (χ2v) is 5.64. The highest BCUT2D eigenvalue weighted by atomic mass is 32.1. The lowest BCUT2D eigenvalue weighted by atomic mass is 10.2. The molecule has 1 heterocycles. The van der Waals surface area contributed by atoms with Crippen molar-refractivity contribution < 1.29 is 0 Å². The highest BCUT2D eigenvalue weighted by molar-refractivity contribution is 7.09. The maximum absolute atomic E-state index is 4.66. The molecule has 2 unspecified atom stereocenters. The Morgan fingerprint density at radius 3 is 2.82 bits per heavy atom. The van der Waals surface area contributed by atoms with Crippen LogP contribution in [0.25, 0.3) is 11.3 Å². The van der Waals surface area contributed by atoms with Crippen LogP contribution in [0.3, 0.4) is 0 Å². The van der Waals surface area contributed by atoms with E-state index in [1.807, 2.05) is 6.07 Å². The quantitative estimate of drug-likeness (QED) is 0.892. The molecule has 0 bridgehead atoms. The largest absolute Gasteiger partial charge is 0.307 e. The number of nitrogens with zero attached hydrogens (tertiary/aromatic N) is 1. The summed E-state index contributed by atoms with van der Waals surface area (Å²) < 4.78 is 0. The predicted octanol–water partition coefficient (Wildman–Crippen LogP) is 3.31. The van der Waals surface area contributed by atoms with Gasteiger partial charge < -0.3 is 5.32 Å². The fourth-order valence-corrected chi connectivity index (χ4v) is 2.71. The van der Waals surface area contributed by atoms with Crippen molar-refractivity contribution in [3.63, 3.8) is 0 Å². The van der Waals surface area contributed by atoms with Crippen molar-refractivity contribution in [2.45, 2.75) is 25.9 Å². The monoisotopic (exact) mass is 244 g/mol. The van der Waals surface area contributed by atoms with Crippen LogP contribution in [0.4, 0.5) is 0 Å². The first-order valence-corrected chi connectivity index (χ1v) is 6.94. The van der Waals surface area contributed by atoms with Crippen LogP contribution in [0.1, 0.15) is 18.4 Å². The Labute approximate surface area is 106 Å². The normalized spacial score (nSPS) is 22.6. The van der Waals surface area contributed by atoms with E-state index in [4.69, 9.17) is 0 Å². The Balaban J connectivity index is 1.66. The minimum Gasteiger partial charge on any atom is -0.307 e. The molecule has 1 saturated carbocycles. The molecule has 17 heavy (non-hydrogen) atoms. The van der Waals surface area contributed by atoms with Gasteiger partial charge in [0.05, 0.1) is 5.69 Å². The Bertz CT molecular complexity index is 492. The molecule has 1 fully saturated rings. The van der Waals surface area contributed by atoms with Gasteiger partial charge in [-0.25, -0.2) is 4.98 Å². The van der Waals surface area contributed by atoms with Crippen LogP contribution >= 0.6 is 11.3 Å². The molecule has 0 radical (unpaired) electrons. The predicted molar refractivity (Wildman–Crippen MR) is 72.0 cm³/mol. The van der Waals surface area contributed by atoms with Gasteiger partial charge in [0.2, 0.25) is 0 Å². The Kier molecular flexibility index (Phi) is 2.95. The van der Waals surface area contributed by atoms with Crippen molar-refractivity contribution >= 4 is 11.3 Å². The molecular formula is C14H16N2S. The second-order valence-electron chi connectivity index (χ2n) is 4.69. The molecule has 2 nitrogen and oxygen atoms in total. The summed E-state index contributed by atoms with van der Waals surface area (Å²) >= 11 is 1.74. The van der Waals surface area contributed by atoms with Gasteiger partial charge in [-0.2, -0.15) is 0 Å². The SMILES string of the molecule is CC1CC1NCc1nc(-c2ccccc2)cs1. The van der Waals surface area contributed by atoms with E-state index in [-0.39, 0.29) is 0 Å². The maximum atomic E-state index is 4.66. The molecule has 2 aromatic rings. The van der Waals surface area contributed by atoms with E-state index in [0.29, 0.717) is 0 Å². The average molecular weight is 244 g/mol. The van der Waals surface area contributed by atoms with Crippen molar-refractivity contribution in [1.29, 1.82) is 0 Å². The third-order valence-corrected chi connectivity index (χ3v) is 4.10. The van der Waals surface area contributed by atoms with E-state index in [0.717, 1.165) is 24.2 Å². The van der Waals surface area contributed by atoms with E-state index in [1.54, 1.807) is 11.3 Å². The molecule has 2 atom stereocenters. The number of hydrogen-bond donors (Lipinski definition) is 1. The lowest BCUT2D eigenvalue weighted by Crippen LogP contribution is -2.16. The molecule has 0 spiro atoms. The minimum absolute atomic E-state index is 0.721. The third-order valence-electron chi connectivity index (χ3n) is 3.25. The molecule has 0 saturated heterocycles. The van der Waals surface area contributed by atoms with Crippen LogP contribution in [0, 0.1) is 5.92 Å². The summed E-state index contributed by atoms with van der Waals surface area (Å²) in [6.45, 7) is 3.20. The fourth-order valence-electron chi connectivity index (χ4n) is 1.96. The van der Waals surface area contributed by atoms with Gasteiger partial charge in [0, 0.05) is 23.5 Å². The van der Waals surface area contributed by atoms with Gasteiger partial charge in [0.15, 0.2) is 0 Å². The molecule has 0 aliphatic heterocycles. The number of nitrogens with one attached hydrogen (secondary N) is 1. The third kappa shape index (κ3) is 2.56. The van der Waals surface area contributed by atoms with Crippen molar-refractivity contribution in [3.8, 4) is 11.3 Å². The van der Waals surface area contributed by atoms with Gasteiger partial charge >= 0.3 is 0 Å². The molecule has 3 rings (SSSR count). The Hall–Kier alpha value is -1.19. The molecule has 88 valence electrons. The fraction of sp³-hybridized carbons (Fsp3) is 0.357. The van der Waals surface area contributed by atoms with Gasteiger partial charge in [0.1, 0.15) is 5.01 Å². The van der Waals surface area contributed by atoms with Crippen molar-refractivity contribution in [2.75, 3.05) is 0 Å². The van der Waals surface area contributed by atoms with Crippen LogP contribution in [0.15, 0.2) is 35.7 Å². The lowest BCUT2D eigenvalue weighted by molar-refractivity contribution is 0.650. The first kappa shape index (κ1) is 10.9. The topological polar surface area (TPSA) is 24.9 Å². The molecule has 1 aliphatic rings. The molecule has 0 amide bonds. The summed E-state index contributed by atoms with van der Waals surface area (Å²) in [5.74, 6) is 0.851. The van der Waals surface area contributed by atoms with E-state index >= 15 is 0 Å². The minimum atomic E-state index is 0.721. The van der Waals surface area contributed by atoms with Crippen molar-refractivity contribution in [1.82, 2.24) is 10.3 Å². The smallest absolute Gasteiger partial charge is 0.107 e. The molecule has 1 aliphatic carbocycles. The van der Waals surface area contributed by atoms with Crippen molar-refractivity contribution in [3.05, 3.63) is 40.7 Å². The van der Waals surface area contributed by atoms with E-state index in [2.05, 4.69) is 46.9 Å². The molecule has 1 aromatic carbocycles. The van der Waals surface area contributed by atoms with Crippen molar-refractivity contribution in [2.24, 2.45) is 5.92 Å². The molecule has 1 aromatic heterocycles. The first-order chi connectivity index (χ1) is 8.33. The van der Waals surface area contributed by atoms with E-state index < -0.39 is 0 Å². The zero-order valence-electron chi connectivity index (χ0n) is 9.89.